The summed E-state index contributed by atoms with van der Waals surface area (Å²) in [5.41, 5.74) is 5.09. The number of primary amides is 1. The molecule has 4 N–H and O–H groups in total. The molecule has 92 valence electrons. The van der Waals surface area contributed by atoms with Crippen LogP contribution in [0.4, 0.5) is 0 Å². The van der Waals surface area contributed by atoms with Gasteiger partial charge in [0.2, 0.25) is 5.91 Å². The van der Waals surface area contributed by atoms with Crippen LogP contribution in [0, 0.1) is 0 Å². The van der Waals surface area contributed by atoms with E-state index in [1.165, 1.54) is 17.1 Å². The zero-order chi connectivity index (χ0) is 13.0. The minimum atomic E-state index is -1.33. The van der Waals surface area contributed by atoms with Crippen molar-refractivity contribution < 1.29 is 19.5 Å². The molecule has 0 saturated carbocycles. The van der Waals surface area contributed by atoms with Crippen molar-refractivity contribution in [2.45, 2.75) is 12.5 Å². The van der Waals surface area contributed by atoms with Gasteiger partial charge < -0.3 is 16.2 Å². The van der Waals surface area contributed by atoms with E-state index in [1.807, 2.05) is 0 Å². The Kier molecular flexibility index (Phi) is 3.81. The number of aliphatic carboxylic acids is 1. The van der Waals surface area contributed by atoms with E-state index in [9.17, 15) is 14.4 Å². The summed E-state index contributed by atoms with van der Waals surface area (Å²) < 4.78 is 1.40. The fraction of sp³-hybridized carbons (Fsp3) is 0.333. The predicted octanol–water partition coefficient (Wildman–Crippen LogP) is -1.52. The average molecular weight is 240 g/mol. The van der Waals surface area contributed by atoms with E-state index >= 15 is 0 Å². The van der Waals surface area contributed by atoms with E-state index in [1.54, 1.807) is 7.05 Å². The maximum Gasteiger partial charge on any atom is 0.326 e. The Balaban J connectivity index is 2.70. The molecule has 0 saturated heterocycles. The molecular weight excluding hydrogens is 228 g/mol. The third-order valence-electron chi connectivity index (χ3n) is 1.98. The number of amides is 2. The highest BCUT2D eigenvalue weighted by atomic mass is 16.4. The number of rotatable bonds is 5. The van der Waals surface area contributed by atoms with Crippen LogP contribution in [0.25, 0.3) is 0 Å². The van der Waals surface area contributed by atoms with E-state index in [0.717, 1.165) is 0 Å². The molecule has 1 aromatic heterocycles. The number of aryl methyl sites for hydroxylation is 1. The summed E-state index contributed by atoms with van der Waals surface area (Å²) >= 11 is 0. The maximum atomic E-state index is 11.6. The monoisotopic (exact) mass is 240 g/mol. The largest absolute Gasteiger partial charge is 0.480 e. The second kappa shape index (κ2) is 5.10. The van der Waals surface area contributed by atoms with Crippen molar-refractivity contribution in [3.05, 3.63) is 18.0 Å². The quantitative estimate of drug-likeness (QED) is 0.575. The molecule has 8 nitrogen and oxygen atoms in total. The molecule has 8 heteroatoms. The SMILES string of the molecule is Cn1cc(C(=O)N[C@@H](CC(N)=O)C(=O)O)cn1. The summed E-state index contributed by atoms with van der Waals surface area (Å²) in [5, 5.41) is 14.7. The van der Waals surface area contributed by atoms with E-state index < -0.39 is 30.2 Å². The summed E-state index contributed by atoms with van der Waals surface area (Å²) in [7, 11) is 1.62. The zero-order valence-corrected chi connectivity index (χ0v) is 9.08. The number of hydrogen-bond acceptors (Lipinski definition) is 4. The molecule has 0 aromatic carbocycles. The van der Waals surface area contributed by atoms with E-state index in [0.29, 0.717) is 0 Å². The number of hydrogen-bond donors (Lipinski definition) is 3. The second-order valence-electron chi connectivity index (χ2n) is 3.44. The molecule has 0 aliphatic carbocycles. The molecule has 0 radical (unpaired) electrons. The number of nitrogens with zero attached hydrogens (tertiary/aromatic N) is 2. The van der Waals surface area contributed by atoms with Crippen molar-refractivity contribution in [3.8, 4) is 0 Å². The number of carboxylic acids is 1. The van der Waals surface area contributed by atoms with Gasteiger partial charge in [0.15, 0.2) is 0 Å². The molecule has 0 aliphatic heterocycles. The molecule has 0 unspecified atom stereocenters. The van der Waals surface area contributed by atoms with Gasteiger partial charge in [-0.05, 0) is 0 Å². The number of carboxylic acid groups (broad SMARTS) is 1. The van der Waals surface area contributed by atoms with Crippen molar-refractivity contribution in [2.75, 3.05) is 0 Å². The number of aromatic nitrogens is 2. The number of carbonyl (C=O) groups is 3. The number of nitrogens with one attached hydrogen (secondary N) is 1. The second-order valence-corrected chi connectivity index (χ2v) is 3.44. The van der Waals surface area contributed by atoms with Gasteiger partial charge in [-0.25, -0.2) is 4.79 Å². The third kappa shape index (κ3) is 3.59. The highest BCUT2D eigenvalue weighted by molar-refractivity contribution is 5.97. The van der Waals surface area contributed by atoms with Crippen molar-refractivity contribution >= 4 is 17.8 Å². The van der Waals surface area contributed by atoms with Gasteiger partial charge in [-0.3, -0.25) is 14.3 Å². The van der Waals surface area contributed by atoms with Crippen LogP contribution in [-0.4, -0.2) is 38.7 Å². The standard InChI is InChI=1S/C9H12N4O4/c1-13-4-5(3-11-13)8(15)12-6(9(16)17)2-7(10)14/h3-4,6H,2H2,1H3,(H2,10,14)(H,12,15)(H,16,17)/t6-/m0/s1. The molecule has 0 bridgehead atoms. The Bertz CT molecular complexity index is 454. The van der Waals surface area contributed by atoms with Gasteiger partial charge in [0.25, 0.3) is 5.91 Å². The molecule has 0 aliphatic rings. The number of carbonyl (C=O) groups excluding carboxylic acids is 2. The third-order valence-corrected chi connectivity index (χ3v) is 1.98. The molecule has 1 aromatic rings. The van der Waals surface area contributed by atoms with E-state index in [4.69, 9.17) is 10.8 Å². The zero-order valence-electron chi connectivity index (χ0n) is 9.08. The van der Waals surface area contributed by atoms with Crippen LogP contribution in [0.3, 0.4) is 0 Å². The molecule has 1 atom stereocenters. The van der Waals surface area contributed by atoms with Gasteiger partial charge in [0, 0.05) is 13.2 Å². The average Bonchev–Trinajstić information content (AvgIpc) is 2.63. The minimum absolute atomic E-state index is 0.211. The van der Waals surface area contributed by atoms with Gasteiger partial charge in [-0.15, -0.1) is 0 Å². The highest BCUT2D eigenvalue weighted by Gasteiger charge is 2.23. The van der Waals surface area contributed by atoms with Crippen molar-refractivity contribution in [1.82, 2.24) is 15.1 Å². The summed E-state index contributed by atoms with van der Waals surface area (Å²) in [4.78, 5) is 33.0. The van der Waals surface area contributed by atoms with Crippen molar-refractivity contribution in [1.29, 1.82) is 0 Å². The number of nitrogens with two attached hydrogens (primary N) is 1. The maximum absolute atomic E-state index is 11.6. The smallest absolute Gasteiger partial charge is 0.326 e. The Morgan fingerprint density at radius 1 is 1.59 bits per heavy atom. The molecule has 0 fully saturated rings. The summed E-state index contributed by atoms with van der Waals surface area (Å²) in [6, 6.07) is -1.33. The van der Waals surface area contributed by atoms with Crippen LogP contribution in [-0.2, 0) is 16.6 Å². The summed E-state index contributed by atoms with van der Waals surface area (Å²) in [5.74, 6) is -2.74. The van der Waals surface area contributed by atoms with Gasteiger partial charge in [0.1, 0.15) is 6.04 Å². The Morgan fingerprint density at radius 2 is 2.24 bits per heavy atom. The Labute approximate surface area is 96.4 Å². The van der Waals surface area contributed by atoms with Crippen LogP contribution < -0.4 is 11.1 Å². The van der Waals surface area contributed by atoms with Crippen LogP contribution in [0.1, 0.15) is 16.8 Å². The Morgan fingerprint density at radius 3 is 2.65 bits per heavy atom. The molecule has 0 spiro atoms. The first-order valence-corrected chi connectivity index (χ1v) is 4.70. The van der Waals surface area contributed by atoms with Gasteiger partial charge >= 0.3 is 5.97 Å². The first-order valence-electron chi connectivity index (χ1n) is 4.70. The summed E-state index contributed by atoms with van der Waals surface area (Å²) in [6.07, 6.45) is 2.26. The lowest BCUT2D eigenvalue weighted by atomic mass is 10.2. The lowest BCUT2D eigenvalue weighted by Crippen LogP contribution is -2.43. The fourth-order valence-electron chi connectivity index (χ4n) is 1.18. The van der Waals surface area contributed by atoms with Gasteiger partial charge in [0.05, 0.1) is 18.2 Å². The van der Waals surface area contributed by atoms with Gasteiger partial charge in [-0.2, -0.15) is 5.10 Å². The van der Waals surface area contributed by atoms with Crippen LogP contribution in [0.2, 0.25) is 0 Å². The van der Waals surface area contributed by atoms with E-state index in [-0.39, 0.29) is 5.56 Å². The van der Waals surface area contributed by atoms with Crippen molar-refractivity contribution in [3.63, 3.8) is 0 Å². The first kappa shape index (κ1) is 12.7. The normalized spacial score (nSPS) is 11.8. The van der Waals surface area contributed by atoms with Gasteiger partial charge in [-0.1, -0.05) is 0 Å². The van der Waals surface area contributed by atoms with E-state index in [2.05, 4.69) is 10.4 Å². The minimum Gasteiger partial charge on any atom is -0.480 e. The van der Waals surface area contributed by atoms with Crippen molar-refractivity contribution in [2.24, 2.45) is 12.8 Å². The molecular formula is C9H12N4O4. The lowest BCUT2D eigenvalue weighted by Gasteiger charge is -2.11. The molecule has 17 heavy (non-hydrogen) atoms. The Hall–Kier alpha value is -2.38. The topological polar surface area (TPSA) is 127 Å². The van der Waals surface area contributed by atoms with Crippen LogP contribution in [0.5, 0.6) is 0 Å². The fourth-order valence-corrected chi connectivity index (χ4v) is 1.18. The van der Waals surface area contributed by atoms with Crippen LogP contribution in [0.15, 0.2) is 12.4 Å². The summed E-state index contributed by atoms with van der Waals surface area (Å²) in [6.45, 7) is 0. The lowest BCUT2D eigenvalue weighted by molar-refractivity contribution is -0.140. The molecule has 1 rings (SSSR count). The molecule has 2 amide bonds. The first-order chi connectivity index (χ1) is 7.90. The van der Waals surface area contributed by atoms with Crippen LogP contribution >= 0.6 is 0 Å². The highest BCUT2D eigenvalue weighted by Crippen LogP contribution is 1.99. The predicted molar refractivity (Wildman–Crippen MR) is 55.9 cm³/mol. The molecule has 1 heterocycles.